The Balaban J connectivity index is 1.51. The van der Waals surface area contributed by atoms with Crippen LogP contribution in [0, 0.1) is 5.92 Å². The number of rotatable bonds is 4. The standard InChI is InChI=1S/C21H25N5O/c1-3-26-8-6-15(7-9-26)21(27)24-20-11-18-10-16(4-5-17(18)12-22-20)19-13-23-25(2)14-19/h4-5,10-15H,3,6-9H2,1-2H3,(H,22,24,27). The second-order valence-corrected chi connectivity index (χ2v) is 7.23. The van der Waals surface area contributed by atoms with E-state index in [4.69, 9.17) is 0 Å². The molecule has 0 saturated carbocycles. The molecule has 0 atom stereocenters. The molecule has 0 unspecified atom stereocenters. The minimum absolute atomic E-state index is 0.0759. The molecule has 3 heterocycles. The molecule has 27 heavy (non-hydrogen) atoms. The maximum Gasteiger partial charge on any atom is 0.228 e. The molecule has 4 rings (SSSR count). The van der Waals surface area contributed by atoms with Crippen molar-refractivity contribution in [2.75, 3.05) is 25.0 Å². The highest BCUT2D eigenvalue weighted by molar-refractivity contribution is 5.95. The summed E-state index contributed by atoms with van der Waals surface area (Å²) in [5, 5.41) is 9.36. The normalized spacial score (nSPS) is 15.9. The van der Waals surface area contributed by atoms with Gasteiger partial charge in [-0.05, 0) is 55.6 Å². The second kappa shape index (κ2) is 7.48. The van der Waals surface area contributed by atoms with E-state index in [1.807, 2.05) is 31.7 Å². The van der Waals surface area contributed by atoms with Crippen LogP contribution in [0.1, 0.15) is 19.8 Å². The van der Waals surface area contributed by atoms with Gasteiger partial charge in [0.05, 0.1) is 6.20 Å². The van der Waals surface area contributed by atoms with Gasteiger partial charge in [-0.15, -0.1) is 0 Å². The zero-order valence-electron chi connectivity index (χ0n) is 15.9. The lowest BCUT2D eigenvalue weighted by atomic mass is 9.96. The fourth-order valence-electron chi connectivity index (χ4n) is 3.70. The Morgan fingerprint density at radius 2 is 1.96 bits per heavy atom. The Hall–Kier alpha value is -2.73. The van der Waals surface area contributed by atoms with Crippen molar-refractivity contribution in [2.45, 2.75) is 19.8 Å². The van der Waals surface area contributed by atoms with Gasteiger partial charge < -0.3 is 10.2 Å². The van der Waals surface area contributed by atoms with Crippen molar-refractivity contribution in [1.82, 2.24) is 19.7 Å². The van der Waals surface area contributed by atoms with Crippen molar-refractivity contribution in [2.24, 2.45) is 13.0 Å². The molecule has 1 aliphatic rings. The summed E-state index contributed by atoms with van der Waals surface area (Å²) in [7, 11) is 1.91. The van der Waals surface area contributed by atoms with Crippen LogP contribution in [-0.2, 0) is 11.8 Å². The Morgan fingerprint density at radius 1 is 1.15 bits per heavy atom. The van der Waals surface area contributed by atoms with Crippen LogP contribution in [0.15, 0.2) is 42.9 Å². The number of hydrogen-bond acceptors (Lipinski definition) is 4. The minimum Gasteiger partial charge on any atom is -0.310 e. The third-order valence-corrected chi connectivity index (χ3v) is 5.42. The van der Waals surface area contributed by atoms with Crippen LogP contribution in [0.4, 0.5) is 5.82 Å². The van der Waals surface area contributed by atoms with Gasteiger partial charge in [0.15, 0.2) is 0 Å². The molecule has 1 aliphatic heterocycles. The first-order chi connectivity index (χ1) is 13.1. The second-order valence-electron chi connectivity index (χ2n) is 7.23. The topological polar surface area (TPSA) is 63.1 Å². The molecule has 6 nitrogen and oxygen atoms in total. The summed E-state index contributed by atoms with van der Waals surface area (Å²) in [6.45, 7) is 5.21. The van der Waals surface area contributed by atoms with Crippen LogP contribution < -0.4 is 5.32 Å². The maximum absolute atomic E-state index is 12.6. The fourth-order valence-corrected chi connectivity index (χ4v) is 3.70. The number of nitrogens with one attached hydrogen (secondary N) is 1. The summed E-state index contributed by atoms with van der Waals surface area (Å²) >= 11 is 0. The summed E-state index contributed by atoms with van der Waals surface area (Å²) in [5.41, 5.74) is 2.18. The first-order valence-corrected chi connectivity index (χ1v) is 9.54. The van der Waals surface area contributed by atoms with E-state index in [1.165, 1.54) is 0 Å². The SMILES string of the molecule is CCN1CCC(C(=O)Nc2cc3cc(-c4cnn(C)c4)ccc3cn2)CC1. The Morgan fingerprint density at radius 3 is 2.67 bits per heavy atom. The number of hydrogen-bond donors (Lipinski definition) is 1. The highest BCUT2D eigenvalue weighted by Crippen LogP contribution is 2.26. The summed E-state index contributed by atoms with van der Waals surface area (Å²) in [4.78, 5) is 19.4. The first kappa shape index (κ1) is 17.7. The molecule has 1 fully saturated rings. The number of likely N-dealkylation sites (tertiary alicyclic amines) is 1. The van der Waals surface area contributed by atoms with Crippen molar-refractivity contribution in [3.63, 3.8) is 0 Å². The monoisotopic (exact) mass is 363 g/mol. The molecule has 1 aromatic carbocycles. The molecule has 0 bridgehead atoms. The zero-order chi connectivity index (χ0) is 18.8. The third-order valence-electron chi connectivity index (χ3n) is 5.42. The average Bonchev–Trinajstić information content (AvgIpc) is 3.14. The Bertz CT molecular complexity index is 956. The summed E-state index contributed by atoms with van der Waals surface area (Å²) < 4.78 is 1.79. The van der Waals surface area contributed by atoms with Gasteiger partial charge in [-0.3, -0.25) is 9.48 Å². The largest absolute Gasteiger partial charge is 0.310 e. The van der Waals surface area contributed by atoms with Gasteiger partial charge in [0.1, 0.15) is 5.82 Å². The number of fused-ring (bicyclic) bond motifs is 1. The lowest BCUT2D eigenvalue weighted by Crippen LogP contribution is -2.38. The lowest BCUT2D eigenvalue weighted by Gasteiger charge is -2.30. The summed E-state index contributed by atoms with van der Waals surface area (Å²) in [6.07, 6.45) is 7.50. The Labute approximate surface area is 159 Å². The van der Waals surface area contributed by atoms with Gasteiger partial charge in [0, 0.05) is 36.3 Å². The molecule has 1 N–H and O–H groups in total. The lowest BCUT2D eigenvalue weighted by molar-refractivity contribution is -0.121. The van der Waals surface area contributed by atoms with Crippen molar-refractivity contribution in [1.29, 1.82) is 0 Å². The number of carbonyl (C=O) groups excluding carboxylic acids is 1. The number of carbonyl (C=O) groups is 1. The molecular formula is C21H25N5O. The van der Waals surface area contributed by atoms with Crippen molar-refractivity contribution in [3.8, 4) is 11.1 Å². The van der Waals surface area contributed by atoms with E-state index < -0.39 is 0 Å². The highest BCUT2D eigenvalue weighted by atomic mass is 16.1. The van der Waals surface area contributed by atoms with E-state index in [0.717, 1.165) is 54.4 Å². The fraction of sp³-hybridized carbons (Fsp3) is 0.381. The van der Waals surface area contributed by atoms with Crippen molar-refractivity contribution < 1.29 is 4.79 Å². The number of amides is 1. The van der Waals surface area contributed by atoms with E-state index in [9.17, 15) is 4.79 Å². The van der Waals surface area contributed by atoms with Gasteiger partial charge in [0.2, 0.25) is 5.91 Å². The molecule has 2 aromatic heterocycles. The molecule has 0 radical (unpaired) electrons. The van der Waals surface area contributed by atoms with Crippen LogP contribution in [0.3, 0.4) is 0 Å². The van der Waals surface area contributed by atoms with Crippen LogP contribution in [0.25, 0.3) is 21.9 Å². The van der Waals surface area contributed by atoms with Gasteiger partial charge in [-0.1, -0.05) is 19.1 Å². The van der Waals surface area contributed by atoms with E-state index >= 15 is 0 Å². The minimum atomic E-state index is 0.0759. The van der Waals surface area contributed by atoms with Crippen LogP contribution in [0.2, 0.25) is 0 Å². The van der Waals surface area contributed by atoms with E-state index in [2.05, 4.69) is 45.4 Å². The van der Waals surface area contributed by atoms with Crippen LogP contribution in [0.5, 0.6) is 0 Å². The molecule has 1 amide bonds. The van der Waals surface area contributed by atoms with Crippen LogP contribution in [-0.4, -0.2) is 45.2 Å². The number of anilines is 1. The predicted molar refractivity (Wildman–Crippen MR) is 107 cm³/mol. The molecule has 140 valence electrons. The van der Waals surface area contributed by atoms with E-state index in [1.54, 1.807) is 4.68 Å². The molecule has 0 spiro atoms. The molecule has 6 heteroatoms. The van der Waals surface area contributed by atoms with Crippen molar-refractivity contribution in [3.05, 3.63) is 42.9 Å². The summed E-state index contributed by atoms with van der Waals surface area (Å²) in [5.74, 6) is 0.779. The zero-order valence-corrected chi connectivity index (χ0v) is 15.9. The van der Waals surface area contributed by atoms with E-state index in [0.29, 0.717) is 5.82 Å². The van der Waals surface area contributed by atoms with Gasteiger partial charge in [-0.2, -0.15) is 5.10 Å². The molecule has 0 aliphatic carbocycles. The van der Waals surface area contributed by atoms with E-state index in [-0.39, 0.29) is 11.8 Å². The third kappa shape index (κ3) is 3.85. The first-order valence-electron chi connectivity index (χ1n) is 9.54. The van der Waals surface area contributed by atoms with Gasteiger partial charge in [0.25, 0.3) is 0 Å². The number of aryl methyl sites for hydroxylation is 1. The molecule has 1 saturated heterocycles. The number of aromatic nitrogens is 3. The number of pyridine rings is 1. The maximum atomic E-state index is 12.6. The molecule has 3 aromatic rings. The number of nitrogens with zero attached hydrogens (tertiary/aromatic N) is 4. The number of benzene rings is 1. The molecular weight excluding hydrogens is 338 g/mol. The Kier molecular flexibility index (Phi) is 4.90. The smallest absolute Gasteiger partial charge is 0.228 e. The highest BCUT2D eigenvalue weighted by Gasteiger charge is 2.24. The summed E-state index contributed by atoms with van der Waals surface area (Å²) in [6, 6.07) is 8.19. The quantitative estimate of drug-likeness (QED) is 0.772. The van der Waals surface area contributed by atoms with Crippen molar-refractivity contribution >= 4 is 22.5 Å². The average molecular weight is 363 g/mol. The van der Waals surface area contributed by atoms with Gasteiger partial charge >= 0.3 is 0 Å². The number of piperidine rings is 1. The van der Waals surface area contributed by atoms with Crippen LogP contribution >= 0.6 is 0 Å². The predicted octanol–water partition coefficient (Wildman–Crippen LogP) is 3.31. The van der Waals surface area contributed by atoms with Gasteiger partial charge in [-0.25, -0.2) is 4.98 Å².